The van der Waals surface area contributed by atoms with Gasteiger partial charge in [-0.25, -0.2) is 8.42 Å². The lowest BCUT2D eigenvalue weighted by Gasteiger charge is -2.24. The van der Waals surface area contributed by atoms with Crippen LogP contribution in [-0.2, 0) is 23.3 Å². The highest BCUT2D eigenvalue weighted by atomic mass is 32.2. The lowest BCUT2D eigenvalue weighted by Crippen LogP contribution is -2.42. The summed E-state index contributed by atoms with van der Waals surface area (Å²) in [6, 6.07) is 6.22. The highest BCUT2D eigenvalue weighted by molar-refractivity contribution is 7.90. The van der Waals surface area contributed by atoms with Crippen LogP contribution in [0.15, 0.2) is 33.7 Å². The molecule has 0 atom stereocenters. The molecule has 0 amide bonds. The van der Waals surface area contributed by atoms with Crippen LogP contribution in [0, 0.1) is 0 Å². The van der Waals surface area contributed by atoms with Crippen LogP contribution >= 0.6 is 0 Å². The standard InChI is InChI=1S/C12H19N3O6SSi/c1-18-23(19-2,20-3)10-4-9-21-11-5-7-12(8-6-11)22(16,17)15-14-13/h5-8H,4,9-10H2,1-3H3. The molecule has 0 spiro atoms. The van der Waals surface area contributed by atoms with Crippen LogP contribution in [0.2, 0.25) is 6.04 Å². The third-order valence-corrected chi connectivity index (χ3v) is 7.08. The van der Waals surface area contributed by atoms with E-state index in [4.69, 9.17) is 23.5 Å². The van der Waals surface area contributed by atoms with Crippen LogP contribution in [0.3, 0.4) is 0 Å². The molecule has 9 nitrogen and oxygen atoms in total. The summed E-state index contributed by atoms with van der Waals surface area (Å²) in [6.07, 6.45) is 0.653. The van der Waals surface area contributed by atoms with Crippen molar-refractivity contribution in [3.8, 4) is 5.75 Å². The van der Waals surface area contributed by atoms with E-state index >= 15 is 0 Å². The molecular weight excluding hydrogens is 342 g/mol. The topological polar surface area (TPSA) is 120 Å². The van der Waals surface area contributed by atoms with E-state index < -0.39 is 18.8 Å². The van der Waals surface area contributed by atoms with Gasteiger partial charge < -0.3 is 18.0 Å². The molecule has 0 heterocycles. The number of sulfonamides is 1. The minimum atomic E-state index is -3.97. The Labute approximate surface area is 136 Å². The lowest BCUT2D eigenvalue weighted by molar-refractivity contribution is 0.121. The largest absolute Gasteiger partial charge is 0.500 e. The van der Waals surface area contributed by atoms with Crippen molar-refractivity contribution >= 4 is 18.8 Å². The minimum Gasteiger partial charge on any atom is -0.494 e. The zero-order valence-electron chi connectivity index (χ0n) is 13.1. The van der Waals surface area contributed by atoms with E-state index in [0.29, 0.717) is 24.8 Å². The molecule has 0 saturated heterocycles. The first-order valence-corrected chi connectivity index (χ1v) is 10.00. The Bertz CT molecular complexity index is 633. The number of nitrogens with zero attached hydrogens (tertiary/aromatic N) is 3. The molecule has 0 aromatic heterocycles. The van der Waals surface area contributed by atoms with Gasteiger partial charge in [0.25, 0.3) is 10.0 Å². The van der Waals surface area contributed by atoms with Crippen LogP contribution in [0.25, 0.3) is 10.4 Å². The molecule has 0 fully saturated rings. The zero-order chi connectivity index (χ0) is 17.3. The first-order valence-electron chi connectivity index (χ1n) is 6.62. The van der Waals surface area contributed by atoms with Gasteiger partial charge in [0.1, 0.15) is 5.75 Å². The molecule has 0 N–H and O–H groups in total. The molecule has 0 aliphatic carbocycles. The van der Waals surface area contributed by atoms with E-state index in [1.54, 1.807) is 21.3 Å². The molecule has 0 aliphatic heterocycles. The summed E-state index contributed by atoms with van der Waals surface area (Å²) in [7, 11) is -1.94. The van der Waals surface area contributed by atoms with Gasteiger partial charge in [0, 0.05) is 36.8 Å². The number of azide groups is 1. The van der Waals surface area contributed by atoms with Crippen LogP contribution < -0.4 is 4.74 Å². The molecule has 11 heteroatoms. The second-order valence-electron chi connectivity index (χ2n) is 4.36. The highest BCUT2D eigenvalue weighted by Gasteiger charge is 2.36. The van der Waals surface area contributed by atoms with E-state index in [1.807, 2.05) is 0 Å². The van der Waals surface area contributed by atoms with Gasteiger partial charge in [-0.05, 0) is 36.2 Å². The van der Waals surface area contributed by atoms with E-state index in [-0.39, 0.29) is 4.90 Å². The second kappa shape index (κ2) is 8.87. The average Bonchev–Trinajstić information content (AvgIpc) is 2.56. The third kappa shape index (κ3) is 5.50. The Morgan fingerprint density at radius 3 is 2.17 bits per heavy atom. The first kappa shape index (κ1) is 19.4. The molecule has 128 valence electrons. The Balaban J connectivity index is 2.56. The fraction of sp³-hybridized carbons (Fsp3) is 0.500. The predicted molar refractivity (Wildman–Crippen MR) is 84.5 cm³/mol. The summed E-state index contributed by atoms with van der Waals surface area (Å²) in [5.41, 5.74) is 8.21. The summed E-state index contributed by atoms with van der Waals surface area (Å²) < 4.78 is 47.2. The Hall–Kier alpha value is -1.62. The van der Waals surface area contributed by atoms with E-state index in [1.165, 1.54) is 24.3 Å². The zero-order valence-corrected chi connectivity index (χ0v) is 14.9. The van der Waals surface area contributed by atoms with Crippen LogP contribution in [0.4, 0.5) is 0 Å². The monoisotopic (exact) mass is 361 g/mol. The van der Waals surface area contributed by atoms with Crippen molar-refractivity contribution in [2.75, 3.05) is 27.9 Å². The molecular formula is C12H19N3O6SSi. The van der Waals surface area contributed by atoms with Crippen molar-refractivity contribution in [2.45, 2.75) is 17.4 Å². The van der Waals surface area contributed by atoms with Gasteiger partial charge >= 0.3 is 8.80 Å². The van der Waals surface area contributed by atoms with Crippen LogP contribution in [-0.4, -0.2) is 45.2 Å². The van der Waals surface area contributed by atoms with Crippen molar-refractivity contribution in [1.29, 1.82) is 0 Å². The smallest absolute Gasteiger partial charge is 0.494 e. The molecule has 0 unspecified atom stereocenters. The van der Waals surface area contributed by atoms with Gasteiger partial charge in [-0.2, -0.15) is 0 Å². The fourth-order valence-corrected chi connectivity index (χ4v) is 4.20. The molecule has 23 heavy (non-hydrogen) atoms. The van der Waals surface area contributed by atoms with Crippen LogP contribution in [0.1, 0.15) is 6.42 Å². The molecule has 0 bridgehead atoms. The first-order chi connectivity index (χ1) is 10.9. The number of hydrogen-bond acceptors (Lipinski definition) is 6. The summed E-state index contributed by atoms with van der Waals surface area (Å²) in [5.74, 6) is 0.504. The van der Waals surface area contributed by atoms with Crippen molar-refractivity contribution in [1.82, 2.24) is 0 Å². The van der Waals surface area contributed by atoms with Gasteiger partial charge in [0.15, 0.2) is 0 Å². The Morgan fingerprint density at radius 2 is 1.70 bits per heavy atom. The predicted octanol–water partition coefficient (Wildman–Crippen LogP) is 2.33. The van der Waals surface area contributed by atoms with E-state index in [9.17, 15) is 8.42 Å². The quantitative estimate of drug-likeness (QED) is 0.207. The number of ether oxygens (including phenoxy) is 1. The van der Waals surface area contributed by atoms with Crippen molar-refractivity contribution in [2.24, 2.45) is 4.52 Å². The molecule has 0 saturated carbocycles. The van der Waals surface area contributed by atoms with E-state index in [2.05, 4.69) is 9.43 Å². The van der Waals surface area contributed by atoms with E-state index in [0.717, 1.165) is 0 Å². The fourth-order valence-electron chi connectivity index (χ4n) is 1.84. The summed E-state index contributed by atoms with van der Waals surface area (Å²) in [4.78, 5) is 2.20. The van der Waals surface area contributed by atoms with Gasteiger partial charge in [0.05, 0.1) is 11.5 Å². The van der Waals surface area contributed by atoms with Gasteiger partial charge in [-0.1, -0.05) is 0 Å². The minimum absolute atomic E-state index is 0.0905. The lowest BCUT2D eigenvalue weighted by atomic mass is 10.3. The number of hydrogen-bond donors (Lipinski definition) is 0. The highest BCUT2D eigenvalue weighted by Crippen LogP contribution is 2.19. The Kier molecular flexibility index (Phi) is 7.49. The maximum atomic E-state index is 11.5. The Morgan fingerprint density at radius 1 is 1.13 bits per heavy atom. The second-order valence-corrected chi connectivity index (χ2v) is 9.04. The van der Waals surface area contributed by atoms with Crippen LogP contribution in [0.5, 0.6) is 5.75 Å². The summed E-state index contributed by atoms with van der Waals surface area (Å²) in [5, 5.41) is 0. The SMILES string of the molecule is CO[Si](CCCOc1ccc(S(=O)(=O)N=[N+]=[N-])cc1)(OC)OC. The number of rotatable bonds is 10. The normalized spacial score (nSPS) is 11.8. The average molecular weight is 361 g/mol. The van der Waals surface area contributed by atoms with Gasteiger partial charge in [-0.3, -0.25) is 0 Å². The van der Waals surface area contributed by atoms with Crippen molar-refractivity contribution < 1.29 is 26.4 Å². The number of benzene rings is 1. The molecule has 1 aromatic carbocycles. The van der Waals surface area contributed by atoms with Gasteiger partial charge in [-0.15, -0.1) is 0 Å². The maximum absolute atomic E-state index is 11.5. The third-order valence-electron chi connectivity index (χ3n) is 3.09. The van der Waals surface area contributed by atoms with Crippen molar-refractivity contribution in [3.05, 3.63) is 34.7 Å². The van der Waals surface area contributed by atoms with Crippen molar-refractivity contribution in [3.63, 3.8) is 0 Å². The maximum Gasteiger partial charge on any atom is 0.500 e. The molecule has 0 radical (unpaired) electrons. The van der Waals surface area contributed by atoms with Gasteiger partial charge in [0.2, 0.25) is 0 Å². The molecule has 1 rings (SSSR count). The summed E-state index contributed by atoms with van der Waals surface area (Å²) >= 11 is 0. The summed E-state index contributed by atoms with van der Waals surface area (Å²) in [6.45, 7) is 0.396. The molecule has 1 aromatic rings. The molecule has 0 aliphatic rings.